The van der Waals surface area contributed by atoms with Gasteiger partial charge in [-0.05, 0) is 30.9 Å². The Morgan fingerprint density at radius 3 is 2.57 bits per heavy atom. The van der Waals surface area contributed by atoms with Crippen molar-refractivity contribution in [2.75, 3.05) is 6.54 Å². The molecule has 0 amide bonds. The van der Waals surface area contributed by atoms with Gasteiger partial charge in [-0.15, -0.1) is 0 Å². The van der Waals surface area contributed by atoms with Crippen LogP contribution >= 0.6 is 15.9 Å². The van der Waals surface area contributed by atoms with E-state index in [4.69, 9.17) is 10.2 Å². The molecule has 0 unspecified atom stereocenters. The molecule has 0 saturated heterocycles. The lowest BCUT2D eigenvalue weighted by molar-refractivity contribution is 0.0453. The topological polar surface area (TPSA) is 104 Å². The normalized spacial score (nSPS) is 21.9. The number of carboxylic acid groups (broad SMARTS) is 1. The summed E-state index contributed by atoms with van der Waals surface area (Å²) in [4.78, 5) is 10.2. The molecule has 1 aliphatic rings. The second-order valence-electron chi connectivity index (χ2n) is 4.91. The average Bonchev–Trinajstić information content (AvgIpc) is 2.35. The summed E-state index contributed by atoms with van der Waals surface area (Å²) in [5.41, 5.74) is -0.719. The van der Waals surface area contributed by atoms with Gasteiger partial charge in [-0.25, -0.2) is 22.3 Å². The van der Waals surface area contributed by atoms with E-state index in [9.17, 15) is 17.6 Å². The van der Waals surface area contributed by atoms with Crippen molar-refractivity contribution in [1.29, 1.82) is 0 Å². The highest BCUT2D eigenvalue weighted by molar-refractivity contribution is 9.10. The van der Waals surface area contributed by atoms with Crippen LogP contribution in [0.5, 0.6) is 0 Å². The number of aliphatic hydroxyl groups is 1. The molecule has 0 spiro atoms. The van der Waals surface area contributed by atoms with Crippen molar-refractivity contribution in [3.8, 4) is 0 Å². The first-order valence-electron chi connectivity index (χ1n) is 6.10. The minimum atomic E-state index is -4.16. The minimum absolute atomic E-state index is 0.00364. The molecule has 1 fully saturated rings. The Bertz CT molecular complexity index is 672. The molecular formula is C12H13BrFNO5S. The van der Waals surface area contributed by atoms with E-state index >= 15 is 0 Å². The molecule has 116 valence electrons. The Balaban J connectivity index is 2.25. The lowest BCUT2D eigenvalue weighted by Gasteiger charge is -2.31. The quantitative estimate of drug-likeness (QED) is 0.713. The van der Waals surface area contributed by atoms with Crippen LogP contribution in [-0.4, -0.2) is 37.2 Å². The first kappa shape index (κ1) is 16.3. The summed E-state index contributed by atoms with van der Waals surface area (Å²) < 4.78 is 40.6. The number of hydrogen-bond donors (Lipinski definition) is 3. The number of carboxylic acids is 1. The van der Waals surface area contributed by atoms with Crippen LogP contribution in [0.2, 0.25) is 0 Å². The summed E-state index contributed by atoms with van der Waals surface area (Å²) in [7, 11) is -4.16. The zero-order valence-electron chi connectivity index (χ0n) is 10.7. The Kier molecular flexibility index (Phi) is 4.66. The summed E-state index contributed by atoms with van der Waals surface area (Å²) in [5, 5.41) is 18.0. The number of nitrogens with one attached hydrogen (secondary N) is 1. The Hall–Kier alpha value is -1.03. The molecule has 1 aromatic carbocycles. The zero-order valence-corrected chi connectivity index (χ0v) is 13.1. The van der Waals surface area contributed by atoms with Crippen molar-refractivity contribution < 1.29 is 27.8 Å². The summed E-state index contributed by atoms with van der Waals surface area (Å²) in [6.07, 6.45) is 0.564. The van der Waals surface area contributed by atoms with Gasteiger partial charge in [-0.2, -0.15) is 0 Å². The van der Waals surface area contributed by atoms with Crippen LogP contribution in [-0.2, 0) is 10.0 Å². The van der Waals surface area contributed by atoms with Gasteiger partial charge >= 0.3 is 5.97 Å². The molecule has 1 aliphatic carbocycles. The standard InChI is InChI=1S/C12H13BrFNO5S/c13-7-3-9(12(17)18)11(14)10(4-7)21(19,20)15-5-6-1-8(16)2-6/h3-4,6,8,15-16H,1-2,5H2,(H,17,18). The molecule has 0 heterocycles. The first-order valence-corrected chi connectivity index (χ1v) is 8.38. The monoisotopic (exact) mass is 381 g/mol. The summed E-state index contributed by atoms with van der Waals surface area (Å²) in [6, 6.07) is 2.01. The van der Waals surface area contributed by atoms with E-state index in [-0.39, 0.29) is 16.9 Å². The van der Waals surface area contributed by atoms with E-state index in [1.807, 2.05) is 0 Å². The molecule has 3 N–H and O–H groups in total. The van der Waals surface area contributed by atoms with Crippen molar-refractivity contribution in [2.45, 2.75) is 23.8 Å². The predicted octanol–water partition coefficient (Wildman–Crippen LogP) is 1.34. The van der Waals surface area contributed by atoms with Gasteiger partial charge in [0.2, 0.25) is 10.0 Å². The second kappa shape index (κ2) is 5.99. The number of aliphatic hydroxyl groups excluding tert-OH is 1. The summed E-state index contributed by atoms with van der Waals surface area (Å²) >= 11 is 2.97. The maximum Gasteiger partial charge on any atom is 0.338 e. The first-order chi connectivity index (χ1) is 9.70. The molecule has 0 aliphatic heterocycles. The van der Waals surface area contributed by atoms with Gasteiger partial charge in [0.1, 0.15) is 4.90 Å². The molecular weight excluding hydrogens is 369 g/mol. The van der Waals surface area contributed by atoms with Crippen LogP contribution in [0.25, 0.3) is 0 Å². The zero-order chi connectivity index (χ0) is 15.8. The Labute approximate surface area is 129 Å². The number of benzene rings is 1. The highest BCUT2D eigenvalue weighted by atomic mass is 79.9. The van der Waals surface area contributed by atoms with Gasteiger partial charge in [0.15, 0.2) is 5.82 Å². The number of rotatable bonds is 5. The lowest BCUT2D eigenvalue weighted by atomic mass is 9.83. The van der Waals surface area contributed by atoms with E-state index in [2.05, 4.69) is 20.7 Å². The maximum atomic E-state index is 14.0. The van der Waals surface area contributed by atoms with Gasteiger partial charge < -0.3 is 10.2 Å². The van der Waals surface area contributed by atoms with Gasteiger partial charge in [-0.1, -0.05) is 15.9 Å². The van der Waals surface area contributed by atoms with E-state index < -0.39 is 38.4 Å². The number of halogens is 2. The molecule has 0 aromatic heterocycles. The largest absolute Gasteiger partial charge is 0.478 e. The third-order valence-electron chi connectivity index (χ3n) is 3.30. The van der Waals surface area contributed by atoms with Gasteiger partial charge in [0, 0.05) is 11.0 Å². The fraction of sp³-hybridized carbons (Fsp3) is 0.417. The van der Waals surface area contributed by atoms with E-state index in [0.29, 0.717) is 12.8 Å². The van der Waals surface area contributed by atoms with Crippen molar-refractivity contribution in [3.63, 3.8) is 0 Å². The maximum absolute atomic E-state index is 14.0. The average molecular weight is 382 g/mol. The third kappa shape index (κ3) is 3.60. The highest BCUT2D eigenvalue weighted by Crippen LogP contribution is 2.28. The molecule has 0 radical (unpaired) electrons. The fourth-order valence-corrected chi connectivity index (χ4v) is 3.94. The van der Waals surface area contributed by atoms with Crippen LogP contribution < -0.4 is 4.72 Å². The smallest absolute Gasteiger partial charge is 0.338 e. The van der Waals surface area contributed by atoms with Crippen molar-refractivity contribution >= 4 is 31.9 Å². The number of aromatic carboxylic acids is 1. The predicted molar refractivity (Wildman–Crippen MR) is 75.0 cm³/mol. The molecule has 1 aromatic rings. The summed E-state index contributed by atoms with van der Waals surface area (Å²) in [5.74, 6) is -2.84. The Morgan fingerprint density at radius 1 is 1.43 bits per heavy atom. The Morgan fingerprint density at radius 2 is 2.05 bits per heavy atom. The summed E-state index contributed by atoms with van der Waals surface area (Å²) in [6.45, 7) is 0.0771. The van der Waals surface area contributed by atoms with Crippen LogP contribution in [0, 0.1) is 11.7 Å². The van der Waals surface area contributed by atoms with Crippen molar-refractivity contribution in [2.24, 2.45) is 5.92 Å². The minimum Gasteiger partial charge on any atom is -0.478 e. The fourth-order valence-electron chi connectivity index (χ4n) is 2.09. The molecule has 21 heavy (non-hydrogen) atoms. The van der Waals surface area contributed by atoms with E-state index in [0.717, 1.165) is 12.1 Å². The number of hydrogen-bond acceptors (Lipinski definition) is 4. The van der Waals surface area contributed by atoms with Crippen LogP contribution in [0.3, 0.4) is 0 Å². The molecule has 0 bridgehead atoms. The van der Waals surface area contributed by atoms with E-state index in [1.54, 1.807) is 0 Å². The molecule has 6 nitrogen and oxygen atoms in total. The van der Waals surface area contributed by atoms with Crippen molar-refractivity contribution in [1.82, 2.24) is 4.72 Å². The highest BCUT2D eigenvalue weighted by Gasteiger charge is 2.30. The van der Waals surface area contributed by atoms with Crippen molar-refractivity contribution in [3.05, 3.63) is 28.0 Å². The van der Waals surface area contributed by atoms with Crippen LogP contribution in [0.15, 0.2) is 21.5 Å². The molecule has 1 saturated carbocycles. The number of sulfonamides is 1. The molecule has 9 heteroatoms. The second-order valence-corrected chi connectivity index (χ2v) is 7.56. The van der Waals surface area contributed by atoms with Crippen LogP contribution in [0.1, 0.15) is 23.2 Å². The van der Waals surface area contributed by atoms with Gasteiger partial charge in [-0.3, -0.25) is 0 Å². The van der Waals surface area contributed by atoms with Gasteiger partial charge in [0.05, 0.1) is 11.7 Å². The molecule has 0 atom stereocenters. The molecule has 2 rings (SSSR count). The third-order valence-corrected chi connectivity index (χ3v) is 5.18. The van der Waals surface area contributed by atoms with Crippen LogP contribution in [0.4, 0.5) is 4.39 Å². The number of carbonyl (C=O) groups is 1. The van der Waals surface area contributed by atoms with Gasteiger partial charge in [0.25, 0.3) is 0 Å². The SMILES string of the molecule is O=C(O)c1cc(Br)cc(S(=O)(=O)NCC2CC(O)C2)c1F. The lowest BCUT2D eigenvalue weighted by Crippen LogP contribution is -2.38. The van der Waals surface area contributed by atoms with E-state index in [1.165, 1.54) is 0 Å².